The lowest BCUT2D eigenvalue weighted by molar-refractivity contribution is 0.00790. The zero-order chi connectivity index (χ0) is 15.6. The van der Waals surface area contributed by atoms with E-state index in [2.05, 4.69) is 23.8 Å². The topological polar surface area (TPSA) is 38.9 Å². The second kappa shape index (κ2) is 5.76. The molecular weight excluding hydrogens is 274 g/mol. The summed E-state index contributed by atoms with van der Waals surface area (Å²) in [6, 6.07) is 7.21. The molecule has 0 bridgehead atoms. The summed E-state index contributed by atoms with van der Waals surface area (Å²) in [6.07, 6.45) is 1.25. The summed E-state index contributed by atoms with van der Waals surface area (Å²) in [5, 5.41) is 0.725. The van der Waals surface area contributed by atoms with Crippen molar-refractivity contribution in [1.82, 2.24) is 9.97 Å². The van der Waals surface area contributed by atoms with Crippen LogP contribution < -0.4 is 0 Å². The van der Waals surface area contributed by atoms with Crippen LogP contribution in [0, 0.1) is 6.92 Å². The van der Waals surface area contributed by atoms with E-state index in [0.29, 0.717) is 22.4 Å². The first-order chi connectivity index (χ1) is 9.88. The van der Waals surface area contributed by atoms with Crippen LogP contribution in [-0.2, 0) is 5.92 Å². The Morgan fingerprint density at radius 1 is 1.14 bits per heavy atom. The van der Waals surface area contributed by atoms with Crippen molar-refractivity contribution in [2.24, 2.45) is 0 Å². The van der Waals surface area contributed by atoms with Gasteiger partial charge in [-0.2, -0.15) is 8.78 Å². The Morgan fingerprint density at radius 2 is 1.76 bits per heavy atom. The van der Waals surface area contributed by atoms with Gasteiger partial charge in [-0.1, -0.05) is 32.4 Å². The molecular formula is C16H18F2N2O. The van der Waals surface area contributed by atoms with Crippen LogP contribution in [0.2, 0.25) is 0 Å². The number of nitrogens with zero attached hydrogens (tertiary/aromatic N) is 2. The van der Waals surface area contributed by atoms with Gasteiger partial charge in [0.05, 0.1) is 5.69 Å². The Balaban J connectivity index is 0.000000497. The Kier molecular flexibility index (Phi) is 4.21. The Labute approximate surface area is 122 Å². The van der Waals surface area contributed by atoms with Gasteiger partial charge in [0.2, 0.25) is 0 Å². The van der Waals surface area contributed by atoms with Gasteiger partial charge in [0.1, 0.15) is 11.1 Å². The monoisotopic (exact) mass is 292 g/mol. The smallest absolute Gasteiger partial charge is 0.303 e. The van der Waals surface area contributed by atoms with E-state index in [1.807, 2.05) is 12.1 Å². The highest BCUT2D eigenvalue weighted by molar-refractivity contribution is 6.02. The third-order valence-electron chi connectivity index (χ3n) is 2.78. The molecule has 0 fully saturated rings. The summed E-state index contributed by atoms with van der Waals surface area (Å²) in [6.45, 7) is 6.68. The van der Waals surface area contributed by atoms with Crippen LogP contribution >= 0.6 is 0 Å². The fourth-order valence-corrected chi connectivity index (χ4v) is 1.92. The molecule has 0 N–H and O–H groups in total. The number of rotatable bonds is 1. The highest BCUT2D eigenvalue weighted by Crippen LogP contribution is 2.31. The zero-order valence-electron chi connectivity index (χ0n) is 12.6. The van der Waals surface area contributed by atoms with Crippen molar-refractivity contribution in [2.75, 3.05) is 0 Å². The summed E-state index contributed by atoms with van der Waals surface area (Å²) >= 11 is 0. The number of aryl methyl sites for hydroxylation is 1. The van der Waals surface area contributed by atoms with Crippen molar-refractivity contribution in [3.63, 3.8) is 0 Å². The maximum atomic E-state index is 13.3. The molecule has 3 aromatic rings. The molecule has 5 heteroatoms. The van der Waals surface area contributed by atoms with E-state index >= 15 is 0 Å². The van der Waals surface area contributed by atoms with E-state index in [-0.39, 0.29) is 0 Å². The first-order valence-corrected chi connectivity index (χ1v) is 6.92. The quantitative estimate of drug-likeness (QED) is 0.617. The van der Waals surface area contributed by atoms with Crippen molar-refractivity contribution in [3.8, 4) is 0 Å². The summed E-state index contributed by atoms with van der Waals surface area (Å²) in [5.41, 5.74) is 1.95. The third kappa shape index (κ3) is 3.01. The van der Waals surface area contributed by atoms with Crippen LogP contribution in [0.1, 0.15) is 38.7 Å². The molecule has 0 unspecified atom stereocenters. The molecule has 112 valence electrons. The van der Waals surface area contributed by atoms with Crippen LogP contribution in [0.5, 0.6) is 0 Å². The predicted octanol–water partition coefficient (Wildman–Crippen LogP) is 5.21. The van der Waals surface area contributed by atoms with Crippen molar-refractivity contribution in [3.05, 3.63) is 35.8 Å². The Hall–Kier alpha value is -2.04. The molecule has 0 aliphatic rings. The SMILES string of the molecule is CCC.Cc1nc(C(C)(F)F)nc2c1oc1ccccc12. The van der Waals surface area contributed by atoms with Gasteiger partial charge >= 0.3 is 5.92 Å². The van der Waals surface area contributed by atoms with Crippen molar-refractivity contribution in [1.29, 1.82) is 0 Å². The summed E-state index contributed by atoms with van der Waals surface area (Å²) in [4.78, 5) is 7.75. The van der Waals surface area contributed by atoms with Crippen LogP contribution in [0.15, 0.2) is 28.7 Å². The molecule has 21 heavy (non-hydrogen) atoms. The lowest BCUT2D eigenvalue weighted by atomic mass is 10.2. The summed E-state index contributed by atoms with van der Waals surface area (Å²) < 4.78 is 32.2. The first kappa shape index (κ1) is 15.4. The van der Waals surface area contributed by atoms with E-state index in [1.165, 1.54) is 6.42 Å². The number of hydrogen-bond donors (Lipinski definition) is 0. The van der Waals surface area contributed by atoms with Gasteiger partial charge in [0, 0.05) is 12.3 Å². The van der Waals surface area contributed by atoms with Gasteiger partial charge < -0.3 is 4.42 Å². The van der Waals surface area contributed by atoms with E-state index < -0.39 is 11.7 Å². The number of furan rings is 1. The fraction of sp³-hybridized carbons (Fsp3) is 0.375. The number of alkyl halides is 2. The zero-order valence-corrected chi connectivity index (χ0v) is 12.6. The maximum absolute atomic E-state index is 13.3. The largest absolute Gasteiger partial charge is 0.452 e. The van der Waals surface area contributed by atoms with Crippen LogP contribution in [0.4, 0.5) is 8.78 Å². The van der Waals surface area contributed by atoms with E-state index in [9.17, 15) is 8.78 Å². The first-order valence-electron chi connectivity index (χ1n) is 6.92. The molecule has 0 spiro atoms. The van der Waals surface area contributed by atoms with E-state index in [4.69, 9.17) is 4.42 Å². The Morgan fingerprint density at radius 3 is 2.38 bits per heavy atom. The van der Waals surface area contributed by atoms with Crippen molar-refractivity contribution in [2.45, 2.75) is 40.0 Å². The third-order valence-corrected chi connectivity index (χ3v) is 2.78. The van der Waals surface area contributed by atoms with Gasteiger partial charge in [-0.15, -0.1) is 0 Å². The van der Waals surface area contributed by atoms with Gasteiger partial charge in [-0.05, 0) is 19.1 Å². The molecule has 0 saturated heterocycles. The number of benzene rings is 1. The Bertz CT molecular complexity index is 760. The van der Waals surface area contributed by atoms with Crippen LogP contribution in [0.3, 0.4) is 0 Å². The molecule has 0 atom stereocenters. The molecule has 2 heterocycles. The highest BCUT2D eigenvalue weighted by atomic mass is 19.3. The molecule has 2 aromatic heterocycles. The molecule has 3 rings (SSSR count). The van der Waals surface area contributed by atoms with Gasteiger partial charge in [0.15, 0.2) is 11.4 Å². The summed E-state index contributed by atoms with van der Waals surface area (Å²) in [5.74, 6) is -3.53. The normalized spacial score (nSPS) is 11.5. The fourth-order valence-electron chi connectivity index (χ4n) is 1.92. The lowest BCUT2D eigenvalue weighted by Gasteiger charge is -2.08. The minimum Gasteiger partial charge on any atom is -0.452 e. The lowest BCUT2D eigenvalue weighted by Crippen LogP contribution is -2.13. The second-order valence-electron chi connectivity index (χ2n) is 5.00. The minimum absolute atomic E-state index is 0.424. The van der Waals surface area contributed by atoms with Crippen LogP contribution in [-0.4, -0.2) is 9.97 Å². The number of aromatic nitrogens is 2. The van der Waals surface area contributed by atoms with Gasteiger partial charge in [-0.3, -0.25) is 0 Å². The standard InChI is InChI=1S/C13H10F2N2O.C3H8/c1-7-11-10(17-12(16-7)13(2,14)15)8-5-3-4-6-9(8)18-11;1-3-2/h3-6H,1-2H3;3H2,1-2H3. The average molecular weight is 292 g/mol. The average Bonchev–Trinajstić information content (AvgIpc) is 2.78. The molecule has 1 aromatic carbocycles. The number of fused-ring (bicyclic) bond motifs is 3. The number of para-hydroxylation sites is 1. The second-order valence-corrected chi connectivity index (χ2v) is 5.00. The van der Waals surface area contributed by atoms with Gasteiger partial charge in [-0.25, -0.2) is 9.97 Å². The van der Waals surface area contributed by atoms with Crippen molar-refractivity contribution < 1.29 is 13.2 Å². The van der Waals surface area contributed by atoms with E-state index in [0.717, 1.165) is 12.3 Å². The van der Waals surface area contributed by atoms with Gasteiger partial charge in [0.25, 0.3) is 0 Å². The molecule has 3 nitrogen and oxygen atoms in total. The predicted molar refractivity (Wildman–Crippen MR) is 79.6 cm³/mol. The van der Waals surface area contributed by atoms with E-state index in [1.54, 1.807) is 19.1 Å². The highest BCUT2D eigenvalue weighted by Gasteiger charge is 2.30. The maximum Gasteiger partial charge on any atom is 0.303 e. The molecule has 0 radical (unpaired) electrons. The molecule has 0 aliphatic heterocycles. The number of halogens is 2. The van der Waals surface area contributed by atoms with Crippen molar-refractivity contribution >= 4 is 22.1 Å². The molecule has 0 amide bonds. The molecule has 0 aliphatic carbocycles. The van der Waals surface area contributed by atoms with Crippen LogP contribution in [0.25, 0.3) is 22.1 Å². The number of hydrogen-bond acceptors (Lipinski definition) is 3. The molecule has 0 saturated carbocycles. The summed E-state index contributed by atoms with van der Waals surface area (Å²) in [7, 11) is 0. The minimum atomic E-state index is -3.06.